The molecule has 0 aliphatic rings. The van der Waals surface area contributed by atoms with Crippen LogP contribution >= 0.6 is 0 Å². The number of likely N-dealkylation sites (N-methyl/N-ethyl adjacent to an activating group) is 1. The Morgan fingerprint density at radius 3 is 2.58 bits per heavy atom. The Kier molecular flexibility index (Phi) is 5.96. The highest BCUT2D eigenvalue weighted by molar-refractivity contribution is 7.89. The minimum absolute atomic E-state index is 0.0148. The minimum atomic E-state index is -3.12. The van der Waals surface area contributed by atoms with Crippen LogP contribution in [-0.2, 0) is 10.0 Å². The van der Waals surface area contributed by atoms with Gasteiger partial charge >= 0.3 is 0 Å². The van der Waals surface area contributed by atoms with E-state index in [4.69, 9.17) is 0 Å². The van der Waals surface area contributed by atoms with Crippen LogP contribution in [0, 0.1) is 0 Å². The zero-order chi connectivity index (χ0) is 9.45. The van der Waals surface area contributed by atoms with Crippen molar-refractivity contribution in [2.24, 2.45) is 0 Å². The number of nitrogens with one attached hydrogen (secondary N) is 2. The first-order valence-electron chi connectivity index (χ1n) is 3.91. The van der Waals surface area contributed by atoms with Crippen LogP contribution in [0.15, 0.2) is 12.7 Å². The molecular formula is C7H16N2O2S. The summed E-state index contributed by atoms with van der Waals surface area (Å²) in [6.45, 7) is 7.27. The Labute approximate surface area is 74.1 Å². The fourth-order valence-corrected chi connectivity index (χ4v) is 1.53. The summed E-state index contributed by atoms with van der Waals surface area (Å²) in [7, 11) is -3.12. The van der Waals surface area contributed by atoms with Gasteiger partial charge in [0.15, 0.2) is 0 Å². The summed E-state index contributed by atoms with van der Waals surface area (Å²) >= 11 is 0. The molecule has 0 amide bonds. The highest BCUT2D eigenvalue weighted by Gasteiger charge is 2.04. The Hall–Kier alpha value is -0.390. The fraction of sp³-hybridized carbons (Fsp3) is 0.714. The minimum Gasteiger partial charge on any atom is -0.316 e. The highest BCUT2D eigenvalue weighted by Crippen LogP contribution is 1.82. The van der Waals surface area contributed by atoms with Gasteiger partial charge < -0.3 is 5.32 Å². The Morgan fingerprint density at radius 2 is 2.08 bits per heavy atom. The van der Waals surface area contributed by atoms with Crippen molar-refractivity contribution in [3.8, 4) is 0 Å². The lowest BCUT2D eigenvalue weighted by Crippen LogP contribution is -2.32. The van der Waals surface area contributed by atoms with E-state index in [1.807, 2.05) is 6.92 Å². The van der Waals surface area contributed by atoms with Crippen molar-refractivity contribution in [1.82, 2.24) is 10.0 Å². The van der Waals surface area contributed by atoms with Crippen molar-refractivity contribution in [3.05, 3.63) is 12.7 Å². The fourth-order valence-electron chi connectivity index (χ4n) is 0.686. The second-order valence-corrected chi connectivity index (χ2v) is 4.17. The van der Waals surface area contributed by atoms with Gasteiger partial charge in [0.2, 0.25) is 10.0 Å². The molecule has 0 aromatic rings. The van der Waals surface area contributed by atoms with Gasteiger partial charge in [-0.05, 0) is 6.54 Å². The van der Waals surface area contributed by atoms with E-state index in [0.29, 0.717) is 13.1 Å². The lowest BCUT2D eigenvalue weighted by Gasteiger charge is -2.03. The van der Waals surface area contributed by atoms with Gasteiger partial charge in [0.1, 0.15) is 0 Å². The van der Waals surface area contributed by atoms with E-state index in [2.05, 4.69) is 16.6 Å². The molecule has 0 unspecified atom stereocenters. The summed E-state index contributed by atoms with van der Waals surface area (Å²) in [5.41, 5.74) is 0. The molecule has 0 fully saturated rings. The third-order valence-electron chi connectivity index (χ3n) is 1.21. The monoisotopic (exact) mass is 192 g/mol. The van der Waals surface area contributed by atoms with Gasteiger partial charge in [-0.15, -0.1) is 6.58 Å². The van der Waals surface area contributed by atoms with Crippen LogP contribution in [0.3, 0.4) is 0 Å². The molecule has 12 heavy (non-hydrogen) atoms. The summed E-state index contributed by atoms with van der Waals surface area (Å²) < 4.78 is 24.4. The molecule has 72 valence electrons. The van der Waals surface area contributed by atoms with E-state index in [-0.39, 0.29) is 5.75 Å². The Morgan fingerprint density at radius 1 is 1.42 bits per heavy atom. The third kappa shape index (κ3) is 6.33. The van der Waals surface area contributed by atoms with Crippen LogP contribution in [0.25, 0.3) is 0 Å². The first kappa shape index (κ1) is 11.6. The molecule has 0 bridgehead atoms. The zero-order valence-electron chi connectivity index (χ0n) is 7.34. The normalized spacial score (nSPS) is 11.4. The number of hydrogen-bond acceptors (Lipinski definition) is 3. The molecule has 0 saturated heterocycles. The lowest BCUT2D eigenvalue weighted by molar-refractivity contribution is 0.580. The molecule has 0 aromatic carbocycles. The molecule has 0 aliphatic heterocycles. The largest absolute Gasteiger partial charge is 0.316 e. The van der Waals surface area contributed by atoms with Crippen LogP contribution < -0.4 is 10.0 Å². The average Bonchev–Trinajstić information content (AvgIpc) is 1.98. The maximum atomic E-state index is 11.0. The van der Waals surface area contributed by atoms with Crippen LogP contribution in [-0.4, -0.2) is 33.8 Å². The van der Waals surface area contributed by atoms with Crippen LogP contribution in [0.2, 0.25) is 0 Å². The summed E-state index contributed by atoms with van der Waals surface area (Å²) in [6, 6.07) is 0. The second kappa shape index (κ2) is 6.16. The van der Waals surface area contributed by atoms with E-state index in [1.165, 1.54) is 6.08 Å². The van der Waals surface area contributed by atoms with Crippen LogP contribution in [0.4, 0.5) is 0 Å². The second-order valence-electron chi connectivity index (χ2n) is 2.32. The topological polar surface area (TPSA) is 58.2 Å². The van der Waals surface area contributed by atoms with Crippen LogP contribution in [0.5, 0.6) is 0 Å². The molecule has 2 N–H and O–H groups in total. The van der Waals surface area contributed by atoms with Gasteiger partial charge in [-0.1, -0.05) is 13.0 Å². The lowest BCUT2D eigenvalue weighted by atomic mass is 10.6. The molecule has 0 saturated carbocycles. The van der Waals surface area contributed by atoms with Crippen molar-refractivity contribution >= 4 is 10.0 Å². The van der Waals surface area contributed by atoms with Crippen molar-refractivity contribution in [2.45, 2.75) is 6.92 Å². The first-order valence-corrected chi connectivity index (χ1v) is 5.56. The quantitative estimate of drug-likeness (QED) is 0.430. The smallest absolute Gasteiger partial charge is 0.215 e. The molecule has 0 aliphatic carbocycles. The maximum absolute atomic E-state index is 11.0. The predicted molar refractivity (Wildman–Crippen MR) is 50.5 cm³/mol. The molecule has 0 spiro atoms. The molecule has 5 heteroatoms. The highest BCUT2D eigenvalue weighted by atomic mass is 32.2. The first-order chi connectivity index (χ1) is 5.62. The molecule has 0 heterocycles. The van der Waals surface area contributed by atoms with Gasteiger partial charge in [0, 0.05) is 13.1 Å². The summed E-state index contributed by atoms with van der Waals surface area (Å²) in [4.78, 5) is 0. The van der Waals surface area contributed by atoms with Crippen molar-refractivity contribution < 1.29 is 8.42 Å². The summed E-state index contributed by atoms with van der Waals surface area (Å²) in [5, 5.41) is 3.01. The molecule has 0 atom stereocenters. The molecular weight excluding hydrogens is 176 g/mol. The van der Waals surface area contributed by atoms with Crippen molar-refractivity contribution in [3.63, 3.8) is 0 Å². The van der Waals surface area contributed by atoms with E-state index in [1.54, 1.807) is 0 Å². The van der Waals surface area contributed by atoms with Crippen molar-refractivity contribution in [1.29, 1.82) is 0 Å². The zero-order valence-corrected chi connectivity index (χ0v) is 8.15. The maximum Gasteiger partial charge on any atom is 0.215 e. The molecule has 0 aromatic heterocycles. The third-order valence-corrected chi connectivity index (χ3v) is 2.53. The van der Waals surface area contributed by atoms with E-state index in [0.717, 1.165) is 6.54 Å². The van der Waals surface area contributed by atoms with E-state index >= 15 is 0 Å². The van der Waals surface area contributed by atoms with Crippen molar-refractivity contribution in [2.75, 3.05) is 25.4 Å². The Balaban J connectivity index is 3.55. The van der Waals surface area contributed by atoms with Crippen LogP contribution in [0.1, 0.15) is 6.92 Å². The summed E-state index contributed by atoms with van der Waals surface area (Å²) in [5.74, 6) is -0.0148. The number of sulfonamides is 1. The predicted octanol–water partition coefficient (Wildman–Crippen LogP) is -0.299. The van der Waals surface area contributed by atoms with Gasteiger partial charge in [-0.3, -0.25) is 0 Å². The average molecular weight is 192 g/mol. The van der Waals surface area contributed by atoms with E-state index < -0.39 is 10.0 Å². The van der Waals surface area contributed by atoms with E-state index in [9.17, 15) is 8.42 Å². The molecule has 4 nitrogen and oxygen atoms in total. The molecule has 0 rings (SSSR count). The summed E-state index contributed by atoms with van der Waals surface area (Å²) in [6.07, 6.45) is 1.37. The number of rotatable bonds is 7. The Bertz CT molecular complexity index is 211. The SMILES string of the molecule is C=CCS(=O)(=O)NCCNCC. The van der Waals surface area contributed by atoms with Gasteiger partial charge in [0.05, 0.1) is 5.75 Å². The number of hydrogen-bond donors (Lipinski definition) is 2. The van der Waals surface area contributed by atoms with Gasteiger partial charge in [0.25, 0.3) is 0 Å². The van der Waals surface area contributed by atoms with Gasteiger partial charge in [-0.25, -0.2) is 13.1 Å². The molecule has 0 radical (unpaired) electrons. The van der Waals surface area contributed by atoms with Gasteiger partial charge in [-0.2, -0.15) is 0 Å². The standard InChI is InChI=1S/C7H16N2O2S/c1-3-7-12(10,11)9-6-5-8-4-2/h3,8-9H,1,4-7H2,2H3.